The molecule has 3 rings (SSSR count). The van der Waals surface area contributed by atoms with Crippen molar-refractivity contribution in [1.29, 1.82) is 5.26 Å². The van der Waals surface area contributed by atoms with Gasteiger partial charge in [-0.05, 0) is 31.4 Å². The van der Waals surface area contributed by atoms with E-state index >= 15 is 0 Å². The standard InChI is InChI=1S/C14H11FN2S/c15-11-4-1-3-10(7-11)13-17-12(8-18-13)14(9-16)5-2-6-14/h1,3-4,7-8H,2,5-6H2. The van der Waals surface area contributed by atoms with Crippen LogP contribution in [0.15, 0.2) is 29.6 Å². The van der Waals surface area contributed by atoms with Crippen molar-refractivity contribution in [1.82, 2.24) is 4.98 Å². The average molecular weight is 258 g/mol. The summed E-state index contributed by atoms with van der Waals surface area (Å²) in [5, 5.41) is 12.0. The largest absolute Gasteiger partial charge is 0.239 e. The van der Waals surface area contributed by atoms with E-state index in [2.05, 4.69) is 11.1 Å². The number of hydrogen-bond donors (Lipinski definition) is 0. The number of nitriles is 1. The fourth-order valence-corrected chi connectivity index (χ4v) is 3.12. The number of aromatic nitrogens is 1. The summed E-state index contributed by atoms with van der Waals surface area (Å²) in [7, 11) is 0. The average Bonchev–Trinajstić information content (AvgIpc) is 2.78. The molecule has 0 bridgehead atoms. The predicted octanol–water partition coefficient (Wildman–Crippen LogP) is 3.89. The maximum Gasteiger partial charge on any atom is 0.123 e. The third kappa shape index (κ3) is 1.72. The Morgan fingerprint density at radius 3 is 2.83 bits per heavy atom. The van der Waals surface area contributed by atoms with Crippen molar-refractivity contribution in [2.75, 3.05) is 0 Å². The van der Waals surface area contributed by atoms with Gasteiger partial charge >= 0.3 is 0 Å². The van der Waals surface area contributed by atoms with E-state index in [0.717, 1.165) is 35.5 Å². The summed E-state index contributed by atoms with van der Waals surface area (Å²) in [6.07, 6.45) is 2.85. The number of rotatable bonds is 2. The SMILES string of the molecule is N#CC1(c2csc(-c3cccc(F)c3)n2)CCC1. The molecule has 0 unspecified atom stereocenters. The Hall–Kier alpha value is -1.73. The smallest absolute Gasteiger partial charge is 0.123 e. The first kappa shape index (κ1) is 11.4. The van der Waals surface area contributed by atoms with Crippen molar-refractivity contribution < 1.29 is 4.39 Å². The van der Waals surface area contributed by atoms with Gasteiger partial charge < -0.3 is 0 Å². The molecule has 0 N–H and O–H groups in total. The van der Waals surface area contributed by atoms with Crippen LogP contribution in [-0.2, 0) is 5.41 Å². The molecule has 1 saturated carbocycles. The molecule has 2 aromatic rings. The first-order chi connectivity index (χ1) is 8.73. The molecule has 4 heteroatoms. The highest BCUT2D eigenvalue weighted by Gasteiger charge is 2.41. The minimum Gasteiger partial charge on any atom is -0.239 e. The van der Waals surface area contributed by atoms with E-state index < -0.39 is 0 Å². The second-order valence-electron chi connectivity index (χ2n) is 4.60. The Bertz CT molecular complexity index is 623. The van der Waals surface area contributed by atoms with Crippen molar-refractivity contribution in [3.63, 3.8) is 0 Å². The lowest BCUT2D eigenvalue weighted by Crippen LogP contribution is -2.32. The molecule has 1 aromatic heterocycles. The zero-order valence-corrected chi connectivity index (χ0v) is 10.5. The number of thiazole rings is 1. The highest BCUT2D eigenvalue weighted by Crippen LogP contribution is 2.44. The molecule has 1 aliphatic rings. The second kappa shape index (κ2) is 4.18. The first-order valence-electron chi connectivity index (χ1n) is 5.87. The van der Waals surface area contributed by atoms with Crippen LogP contribution in [0.1, 0.15) is 25.0 Å². The molecule has 0 saturated heterocycles. The topological polar surface area (TPSA) is 36.7 Å². The first-order valence-corrected chi connectivity index (χ1v) is 6.75. The van der Waals surface area contributed by atoms with Crippen LogP contribution < -0.4 is 0 Å². The highest BCUT2D eigenvalue weighted by atomic mass is 32.1. The van der Waals surface area contributed by atoms with Gasteiger partial charge in [0.15, 0.2) is 0 Å². The monoisotopic (exact) mass is 258 g/mol. The zero-order valence-electron chi connectivity index (χ0n) is 9.69. The number of halogens is 1. The van der Waals surface area contributed by atoms with E-state index in [1.807, 2.05) is 11.4 Å². The molecule has 0 radical (unpaired) electrons. The molecule has 1 aromatic carbocycles. The Balaban J connectivity index is 1.97. The molecule has 0 aliphatic heterocycles. The predicted molar refractivity (Wildman–Crippen MR) is 68.7 cm³/mol. The lowest BCUT2D eigenvalue weighted by Gasteiger charge is -2.33. The quantitative estimate of drug-likeness (QED) is 0.819. The Labute approximate surface area is 109 Å². The van der Waals surface area contributed by atoms with Crippen LogP contribution in [0.25, 0.3) is 10.6 Å². The summed E-state index contributed by atoms with van der Waals surface area (Å²) in [4.78, 5) is 4.52. The van der Waals surface area contributed by atoms with E-state index in [0.29, 0.717) is 0 Å². The van der Waals surface area contributed by atoms with Gasteiger partial charge in [-0.25, -0.2) is 9.37 Å². The molecule has 2 nitrogen and oxygen atoms in total. The van der Waals surface area contributed by atoms with Crippen LogP contribution in [0, 0.1) is 17.1 Å². The van der Waals surface area contributed by atoms with Crippen molar-refractivity contribution in [3.8, 4) is 16.6 Å². The summed E-state index contributed by atoms with van der Waals surface area (Å²) < 4.78 is 13.2. The van der Waals surface area contributed by atoms with Crippen LogP contribution in [0.2, 0.25) is 0 Å². The molecule has 0 spiro atoms. The van der Waals surface area contributed by atoms with Crippen LogP contribution >= 0.6 is 11.3 Å². The summed E-state index contributed by atoms with van der Waals surface area (Å²) in [5.41, 5.74) is 1.24. The summed E-state index contributed by atoms with van der Waals surface area (Å²) >= 11 is 1.47. The number of nitrogens with zero attached hydrogens (tertiary/aromatic N) is 2. The van der Waals surface area contributed by atoms with Crippen molar-refractivity contribution >= 4 is 11.3 Å². The number of hydrogen-bond acceptors (Lipinski definition) is 3. The Kier molecular flexibility index (Phi) is 2.64. The van der Waals surface area contributed by atoms with Gasteiger partial charge in [0, 0.05) is 10.9 Å². The molecule has 1 fully saturated rings. The van der Waals surface area contributed by atoms with E-state index in [4.69, 9.17) is 0 Å². The molecular formula is C14H11FN2S. The van der Waals surface area contributed by atoms with Gasteiger partial charge in [-0.2, -0.15) is 5.26 Å². The van der Waals surface area contributed by atoms with Crippen LogP contribution in [0.3, 0.4) is 0 Å². The van der Waals surface area contributed by atoms with Gasteiger partial charge in [-0.15, -0.1) is 11.3 Å². The van der Waals surface area contributed by atoms with Crippen LogP contribution in [-0.4, -0.2) is 4.98 Å². The highest BCUT2D eigenvalue weighted by molar-refractivity contribution is 7.13. The van der Waals surface area contributed by atoms with Crippen LogP contribution in [0.5, 0.6) is 0 Å². The second-order valence-corrected chi connectivity index (χ2v) is 5.45. The van der Waals surface area contributed by atoms with E-state index in [9.17, 15) is 9.65 Å². The maximum absolute atomic E-state index is 13.2. The van der Waals surface area contributed by atoms with E-state index in [1.54, 1.807) is 6.07 Å². The summed E-state index contributed by atoms with van der Waals surface area (Å²) in [6.45, 7) is 0. The van der Waals surface area contributed by atoms with E-state index in [-0.39, 0.29) is 11.2 Å². The molecule has 1 aliphatic carbocycles. The van der Waals surface area contributed by atoms with Crippen molar-refractivity contribution in [2.45, 2.75) is 24.7 Å². The molecular weight excluding hydrogens is 247 g/mol. The van der Waals surface area contributed by atoms with Gasteiger partial charge in [-0.3, -0.25) is 0 Å². The normalized spacial score (nSPS) is 16.9. The molecule has 0 atom stereocenters. The van der Waals surface area contributed by atoms with Gasteiger partial charge in [-0.1, -0.05) is 12.1 Å². The Morgan fingerprint density at radius 1 is 1.39 bits per heavy atom. The van der Waals surface area contributed by atoms with Gasteiger partial charge in [0.25, 0.3) is 0 Å². The number of benzene rings is 1. The molecule has 18 heavy (non-hydrogen) atoms. The van der Waals surface area contributed by atoms with Gasteiger partial charge in [0.1, 0.15) is 16.2 Å². The molecule has 90 valence electrons. The third-order valence-electron chi connectivity index (χ3n) is 3.49. The minimum atomic E-state index is -0.387. The van der Waals surface area contributed by atoms with Crippen molar-refractivity contribution in [2.24, 2.45) is 0 Å². The molecule has 0 amide bonds. The lowest BCUT2D eigenvalue weighted by molar-refractivity contribution is 0.317. The Morgan fingerprint density at radius 2 is 2.22 bits per heavy atom. The minimum absolute atomic E-state index is 0.261. The third-order valence-corrected chi connectivity index (χ3v) is 4.38. The van der Waals surface area contributed by atoms with E-state index in [1.165, 1.54) is 23.5 Å². The molecule has 1 heterocycles. The maximum atomic E-state index is 13.2. The lowest BCUT2D eigenvalue weighted by atomic mass is 9.68. The van der Waals surface area contributed by atoms with Gasteiger partial charge in [0.05, 0.1) is 11.8 Å². The summed E-state index contributed by atoms with van der Waals surface area (Å²) in [5.74, 6) is -0.261. The summed E-state index contributed by atoms with van der Waals surface area (Å²) in [6, 6.07) is 8.78. The van der Waals surface area contributed by atoms with Crippen molar-refractivity contribution in [3.05, 3.63) is 41.2 Å². The fraction of sp³-hybridized carbons (Fsp3) is 0.286. The fourth-order valence-electron chi connectivity index (χ4n) is 2.20. The van der Waals surface area contributed by atoms with Gasteiger partial charge in [0.2, 0.25) is 0 Å². The zero-order chi connectivity index (χ0) is 12.6. The van der Waals surface area contributed by atoms with Crippen LogP contribution in [0.4, 0.5) is 4.39 Å².